The van der Waals surface area contributed by atoms with Crippen molar-refractivity contribution in [2.45, 2.75) is 6.54 Å². The molecule has 0 saturated carbocycles. The molecule has 1 N–H and O–H groups in total. The van der Waals surface area contributed by atoms with Crippen molar-refractivity contribution >= 4 is 44.4 Å². The van der Waals surface area contributed by atoms with Gasteiger partial charge in [0, 0.05) is 26.2 Å². The van der Waals surface area contributed by atoms with E-state index in [1.165, 1.54) is 38.4 Å². The minimum atomic E-state index is -3.86. The lowest BCUT2D eigenvalue weighted by Gasteiger charge is -2.21. The summed E-state index contributed by atoms with van der Waals surface area (Å²) in [5, 5.41) is 8.42. The highest BCUT2D eigenvalue weighted by Crippen LogP contribution is 2.40. The van der Waals surface area contributed by atoms with Gasteiger partial charge in [-0.1, -0.05) is 0 Å². The first-order valence-corrected chi connectivity index (χ1v) is 11.8. The summed E-state index contributed by atoms with van der Waals surface area (Å²) in [6.07, 6.45) is 0.907. The van der Waals surface area contributed by atoms with Crippen LogP contribution in [0, 0.1) is 11.2 Å². The quantitative estimate of drug-likeness (QED) is 0.355. The summed E-state index contributed by atoms with van der Waals surface area (Å²) >= 11 is 0. The predicted octanol–water partition coefficient (Wildman–Crippen LogP) is 2.86. The Bertz CT molecular complexity index is 1270. The topological polar surface area (TPSA) is 118 Å². The van der Waals surface area contributed by atoms with E-state index in [1.807, 2.05) is 0 Å². The van der Waals surface area contributed by atoms with Gasteiger partial charge in [0.15, 0.2) is 28.8 Å². The zero-order valence-corrected chi connectivity index (χ0v) is 22.6. The molecule has 0 bridgehead atoms. The second kappa shape index (κ2) is 10.7. The number of amidine groups is 1. The van der Waals surface area contributed by atoms with Crippen LogP contribution < -0.4 is 23.3 Å². The minimum absolute atomic E-state index is 0. The molecule has 0 amide bonds. The molecule has 0 atom stereocenters. The van der Waals surface area contributed by atoms with E-state index in [-0.39, 0.29) is 75.8 Å². The van der Waals surface area contributed by atoms with E-state index >= 15 is 0 Å². The zero-order chi connectivity index (χ0) is 25.4. The van der Waals surface area contributed by atoms with Gasteiger partial charge in [0.25, 0.3) is 0 Å². The number of ether oxygens (including phenoxy) is 3. The predicted molar refractivity (Wildman–Crippen MR) is 134 cm³/mol. The second-order valence-corrected chi connectivity index (χ2v) is 9.37. The average Bonchev–Trinajstić information content (AvgIpc) is 3.07. The molecule has 2 aromatic carbocycles. The maximum absolute atomic E-state index is 15.0. The van der Waals surface area contributed by atoms with Gasteiger partial charge in [-0.2, -0.15) is 8.42 Å². The molecule has 0 unspecified atom stereocenters. The molecule has 10 nitrogen and oxygen atoms in total. The number of hydrogen-bond donors (Lipinski definition) is 1. The summed E-state index contributed by atoms with van der Waals surface area (Å²) in [5.41, 5.74) is 1.07. The van der Waals surface area contributed by atoms with Crippen molar-refractivity contribution in [1.29, 1.82) is 5.41 Å². The fourth-order valence-corrected chi connectivity index (χ4v) is 4.16. The zero-order valence-electron chi connectivity index (χ0n) is 20.1. The van der Waals surface area contributed by atoms with E-state index in [2.05, 4.69) is 0 Å². The van der Waals surface area contributed by atoms with E-state index in [9.17, 15) is 17.6 Å². The normalized spacial score (nSPS) is 12.5. The monoisotopic (exact) mass is 575 g/mol. The number of carbonyl (C=O) groups excluding carboxylic acids is 1. The maximum Gasteiger partial charge on any atom is 0.306 e. The van der Waals surface area contributed by atoms with Crippen LogP contribution in [-0.4, -0.2) is 73.2 Å². The molecule has 0 saturated heterocycles. The lowest BCUT2D eigenvalue weighted by Crippen LogP contribution is -2.30. The number of ketones is 1. The number of Topliss-reactive ketones (excluding diaryl/α,β-unsaturated/α-hetero) is 1. The van der Waals surface area contributed by atoms with Gasteiger partial charge in [0.2, 0.25) is 5.75 Å². The van der Waals surface area contributed by atoms with Gasteiger partial charge >= 0.3 is 10.1 Å². The highest BCUT2D eigenvalue weighted by atomic mass is 79.9. The second-order valence-electron chi connectivity index (χ2n) is 7.80. The first-order chi connectivity index (χ1) is 15.9. The van der Waals surface area contributed by atoms with Crippen LogP contribution in [0.2, 0.25) is 0 Å². The summed E-state index contributed by atoms with van der Waals surface area (Å²) in [7, 11) is 3.49. The van der Waals surface area contributed by atoms with Crippen molar-refractivity contribution in [2.75, 3.05) is 53.1 Å². The molecule has 1 aliphatic heterocycles. The molecule has 1 aliphatic rings. The Labute approximate surface area is 213 Å². The molecule has 13 heteroatoms. The Morgan fingerprint density at radius 3 is 2.20 bits per heavy atom. The Balaban J connectivity index is 0.00000432. The molecule has 0 fully saturated rings. The molecule has 0 spiro atoms. The number of halogens is 2. The van der Waals surface area contributed by atoms with Crippen LogP contribution in [0.1, 0.15) is 21.5 Å². The molecule has 2 aromatic rings. The van der Waals surface area contributed by atoms with Gasteiger partial charge < -0.3 is 28.2 Å². The Hall–Kier alpha value is -3.06. The van der Waals surface area contributed by atoms with Crippen molar-refractivity contribution < 1.29 is 36.0 Å². The number of benzene rings is 2. The summed E-state index contributed by atoms with van der Waals surface area (Å²) in [6.45, 7) is -0.0932. The van der Waals surface area contributed by atoms with Crippen LogP contribution in [0.5, 0.6) is 23.0 Å². The SMILES string of the molecule is Br.COc1cc(C(=O)CN2Cc3cc(OC)c(OC)c(F)c3C2=N)cc(N(C)C)c1OS(C)(=O)=O. The van der Waals surface area contributed by atoms with E-state index < -0.39 is 15.9 Å². The molecule has 192 valence electrons. The van der Waals surface area contributed by atoms with Crippen molar-refractivity contribution in [1.82, 2.24) is 4.90 Å². The summed E-state index contributed by atoms with van der Waals surface area (Å²) in [5.74, 6) is -1.17. The molecule has 1 heterocycles. The molecule has 0 aliphatic carbocycles. The lowest BCUT2D eigenvalue weighted by atomic mass is 10.1. The van der Waals surface area contributed by atoms with E-state index in [0.717, 1.165) is 6.26 Å². The number of carbonyl (C=O) groups is 1. The molecule has 35 heavy (non-hydrogen) atoms. The Morgan fingerprint density at radius 1 is 1.09 bits per heavy atom. The van der Waals surface area contributed by atoms with Crippen molar-refractivity contribution in [3.8, 4) is 23.0 Å². The van der Waals surface area contributed by atoms with E-state index in [1.54, 1.807) is 25.1 Å². The van der Waals surface area contributed by atoms with E-state index in [4.69, 9.17) is 23.8 Å². The van der Waals surface area contributed by atoms with Crippen LogP contribution in [0.3, 0.4) is 0 Å². The van der Waals surface area contributed by atoms with Crippen LogP contribution in [0.4, 0.5) is 10.1 Å². The first kappa shape index (κ1) is 28.2. The van der Waals surface area contributed by atoms with Gasteiger partial charge in [0.1, 0.15) is 5.84 Å². The number of nitrogens with zero attached hydrogens (tertiary/aromatic N) is 2. The number of methoxy groups -OCH3 is 3. The smallest absolute Gasteiger partial charge is 0.306 e. The van der Waals surface area contributed by atoms with Gasteiger partial charge in [-0.05, 0) is 23.8 Å². The third-order valence-corrected chi connectivity index (χ3v) is 5.70. The third-order valence-electron chi connectivity index (χ3n) is 5.24. The van der Waals surface area contributed by atoms with Crippen molar-refractivity contribution in [2.24, 2.45) is 0 Å². The Morgan fingerprint density at radius 2 is 1.69 bits per heavy atom. The number of anilines is 1. The molecule has 0 radical (unpaired) electrons. The van der Waals surface area contributed by atoms with Gasteiger partial charge in [-0.3, -0.25) is 10.2 Å². The summed E-state index contributed by atoms with van der Waals surface area (Å²) < 4.78 is 59.0. The average molecular weight is 576 g/mol. The number of hydrogen-bond acceptors (Lipinski definition) is 9. The molecule has 3 rings (SSSR count). The fraction of sp³-hybridized carbons (Fsp3) is 0.364. The Kier molecular flexibility index (Phi) is 8.61. The van der Waals surface area contributed by atoms with Crippen LogP contribution in [0.15, 0.2) is 18.2 Å². The molecular formula is C22H27BrFN3O7S. The van der Waals surface area contributed by atoms with Crippen molar-refractivity contribution in [3.05, 3.63) is 40.7 Å². The highest BCUT2D eigenvalue weighted by molar-refractivity contribution is 8.93. The van der Waals surface area contributed by atoms with Gasteiger partial charge in [-0.25, -0.2) is 4.39 Å². The van der Waals surface area contributed by atoms with Crippen LogP contribution in [0.25, 0.3) is 0 Å². The standard InChI is InChI=1S/C22H26FN3O7S.BrH/c1-25(2)14-7-12(8-16(30-3)20(14)33-34(6,28)29)15(27)11-26-10-13-9-17(31-4)21(32-5)19(23)18(13)22(26)24;/h7-9,24H,10-11H2,1-6H3;1H. The minimum Gasteiger partial charge on any atom is -0.493 e. The van der Waals surface area contributed by atoms with Gasteiger partial charge in [0.05, 0.1) is 45.4 Å². The largest absolute Gasteiger partial charge is 0.493 e. The molecular weight excluding hydrogens is 549 g/mol. The van der Waals surface area contributed by atoms with Crippen LogP contribution in [-0.2, 0) is 16.7 Å². The van der Waals surface area contributed by atoms with Gasteiger partial charge in [-0.15, -0.1) is 17.0 Å². The van der Waals surface area contributed by atoms with Crippen LogP contribution >= 0.6 is 17.0 Å². The van der Waals surface area contributed by atoms with E-state index in [0.29, 0.717) is 11.3 Å². The maximum atomic E-state index is 15.0. The highest BCUT2D eigenvalue weighted by Gasteiger charge is 2.33. The third kappa shape index (κ3) is 5.61. The summed E-state index contributed by atoms with van der Waals surface area (Å²) in [6, 6.07) is 4.43. The molecule has 0 aromatic heterocycles. The lowest BCUT2D eigenvalue weighted by molar-refractivity contribution is 0.0962. The number of rotatable bonds is 9. The summed E-state index contributed by atoms with van der Waals surface area (Å²) in [4.78, 5) is 16.2. The number of fused-ring (bicyclic) bond motifs is 1. The fourth-order valence-electron chi connectivity index (χ4n) is 3.69. The first-order valence-electron chi connectivity index (χ1n) is 10.0. The van der Waals surface area contributed by atoms with Crippen molar-refractivity contribution in [3.63, 3.8) is 0 Å². The number of nitrogens with one attached hydrogen (secondary N) is 1.